The molecule has 0 saturated carbocycles. The van der Waals surface area contributed by atoms with Crippen LogP contribution in [0.5, 0.6) is 0 Å². The second-order valence-corrected chi connectivity index (χ2v) is 9.95. The molecule has 3 aromatic rings. The van der Waals surface area contributed by atoms with E-state index >= 15 is 0 Å². The van der Waals surface area contributed by atoms with Crippen molar-refractivity contribution in [1.82, 2.24) is 16.0 Å². The molecule has 10 heteroatoms. The number of amides is 3. The fraction of sp³-hybridized carbons (Fsp3) is 0.312. The van der Waals surface area contributed by atoms with E-state index in [1.807, 2.05) is 66.7 Å². The number of rotatable bonds is 14. The fourth-order valence-electron chi connectivity index (χ4n) is 4.86. The van der Waals surface area contributed by atoms with Crippen molar-refractivity contribution in [2.24, 2.45) is 5.73 Å². The Morgan fingerprint density at radius 2 is 1.40 bits per heavy atom. The van der Waals surface area contributed by atoms with E-state index in [9.17, 15) is 19.2 Å². The van der Waals surface area contributed by atoms with Gasteiger partial charge in [0.1, 0.15) is 25.8 Å². The SMILES string of the molecule is NCCCC[C@H](NC(=O)OCC1c2ccccc2-c2ccccc21)C(=O)NCC(=O)NCC(=O)OCc1ccccc1. The molecule has 42 heavy (non-hydrogen) atoms. The zero-order chi connectivity index (χ0) is 29.7. The fourth-order valence-corrected chi connectivity index (χ4v) is 4.86. The minimum Gasteiger partial charge on any atom is -0.460 e. The summed E-state index contributed by atoms with van der Waals surface area (Å²) in [7, 11) is 0. The molecule has 0 heterocycles. The predicted molar refractivity (Wildman–Crippen MR) is 157 cm³/mol. The lowest BCUT2D eigenvalue weighted by Gasteiger charge is -2.20. The normalized spacial score (nSPS) is 12.4. The van der Waals surface area contributed by atoms with E-state index < -0.39 is 29.9 Å². The molecule has 1 aliphatic carbocycles. The second kappa shape index (κ2) is 15.3. The van der Waals surface area contributed by atoms with Gasteiger partial charge in [0.05, 0.1) is 6.54 Å². The number of benzene rings is 3. The Bertz CT molecular complexity index is 1330. The molecule has 3 amide bonds. The maximum absolute atomic E-state index is 12.9. The molecule has 3 aromatic carbocycles. The number of nitrogens with one attached hydrogen (secondary N) is 3. The van der Waals surface area contributed by atoms with Crippen LogP contribution in [0.3, 0.4) is 0 Å². The Balaban J connectivity index is 1.24. The highest BCUT2D eigenvalue weighted by atomic mass is 16.5. The molecule has 220 valence electrons. The van der Waals surface area contributed by atoms with Crippen LogP contribution < -0.4 is 21.7 Å². The van der Waals surface area contributed by atoms with Gasteiger partial charge in [-0.25, -0.2) is 4.79 Å². The first kappa shape index (κ1) is 30.3. The molecule has 0 radical (unpaired) electrons. The number of esters is 1. The van der Waals surface area contributed by atoms with Crippen molar-refractivity contribution in [3.63, 3.8) is 0 Å². The molecule has 1 aliphatic rings. The number of hydrogen-bond donors (Lipinski definition) is 4. The molecule has 0 aliphatic heterocycles. The van der Waals surface area contributed by atoms with Crippen molar-refractivity contribution in [2.75, 3.05) is 26.2 Å². The number of hydrogen-bond acceptors (Lipinski definition) is 7. The summed E-state index contributed by atoms with van der Waals surface area (Å²) in [6.07, 6.45) is 0.857. The maximum atomic E-state index is 12.9. The number of unbranched alkanes of at least 4 members (excludes halogenated alkanes) is 1. The third kappa shape index (κ3) is 8.40. The van der Waals surface area contributed by atoms with Crippen LogP contribution in [-0.4, -0.2) is 56.2 Å². The highest BCUT2D eigenvalue weighted by molar-refractivity contribution is 5.90. The van der Waals surface area contributed by atoms with Gasteiger partial charge in [0, 0.05) is 5.92 Å². The van der Waals surface area contributed by atoms with Gasteiger partial charge in [0.2, 0.25) is 11.8 Å². The Hall–Kier alpha value is -4.70. The molecular weight excluding hydrogens is 536 g/mol. The van der Waals surface area contributed by atoms with Crippen LogP contribution >= 0.6 is 0 Å². The summed E-state index contributed by atoms with van der Waals surface area (Å²) in [5, 5.41) is 7.57. The smallest absolute Gasteiger partial charge is 0.407 e. The molecule has 0 saturated heterocycles. The third-order valence-corrected chi connectivity index (χ3v) is 6.99. The van der Waals surface area contributed by atoms with Crippen LogP contribution in [-0.2, 0) is 30.5 Å². The average Bonchev–Trinajstić information content (AvgIpc) is 3.34. The van der Waals surface area contributed by atoms with Crippen LogP contribution in [0.1, 0.15) is 41.9 Å². The zero-order valence-electron chi connectivity index (χ0n) is 23.3. The Labute approximate surface area is 245 Å². The van der Waals surface area contributed by atoms with Gasteiger partial charge in [-0.3, -0.25) is 14.4 Å². The van der Waals surface area contributed by atoms with E-state index in [0.717, 1.165) is 27.8 Å². The van der Waals surface area contributed by atoms with E-state index in [1.54, 1.807) is 0 Å². The second-order valence-electron chi connectivity index (χ2n) is 9.95. The Morgan fingerprint density at radius 1 is 0.762 bits per heavy atom. The molecular formula is C32H36N4O6. The third-order valence-electron chi connectivity index (χ3n) is 6.99. The van der Waals surface area contributed by atoms with Crippen molar-refractivity contribution in [3.05, 3.63) is 95.6 Å². The van der Waals surface area contributed by atoms with E-state index in [-0.39, 0.29) is 32.2 Å². The van der Waals surface area contributed by atoms with Crippen molar-refractivity contribution in [2.45, 2.75) is 37.8 Å². The Kier molecular flexibility index (Phi) is 11.1. The van der Waals surface area contributed by atoms with E-state index in [1.165, 1.54) is 0 Å². The van der Waals surface area contributed by atoms with Gasteiger partial charge in [-0.15, -0.1) is 0 Å². The molecule has 0 aromatic heterocycles. The van der Waals surface area contributed by atoms with Gasteiger partial charge in [-0.1, -0.05) is 78.9 Å². The van der Waals surface area contributed by atoms with E-state index in [2.05, 4.69) is 28.1 Å². The number of ether oxygens (including phenoxy) is 2. The maximum Gasteiger partial charge on any atom is 0.407 e. The van der Waals surface area contributed by atoms with Gasteiger partial charge >= 0.3 is 12.1 Å². The van der Waals surface area contributed by atoms with Crippen LogP contribution in [0.15, 0.2) is 78.9 Å². The first-order valence-corrected chi connectivity index (χ1v) is 14.0. The largest absolute Gasteiger partial charge is 0.460 e. The molecule has 1 atom stereocenters. The van der Waals surface area contributed by atoms with Crippen molar-refractivity contribution in [1.29, 1.82) is 0 Å². The molecule has 5 N–H and O–H groups in total. The summed E-state index contributed by atoms with van der Waals surface area (Å²) in [6.45, 7) is -0.0514. The summed E-state index contributed by atoms with van der Waals surface area (Å²) in [5.74, 6) is -1.82. The first-order chi connectivity index (χ1) is 20.5. The molecule has 10 nitrogen and oxygen atoms in total. The summed E-state index contributed by atoms with van der Waals surface area (Å²) < 4.78 is 10.7. The molecule has 0 spiro atoms. The monoisotopic (exact) mass is 572 g/mol. The number of fused-ring (bicyclic) bond motifs is 3. The van der Waals surface area contributed by atoms with Gasteiger partial charge in [-0.2, -0.15) is 0 Å². The van der Waals surface area contributed by atoms with Crippen LogP contribution in [0.25, 0.3) is 11.1 Å². The highest BCUT2D eigenvalue weighted by Crippen LogP contribution is 2.44. The van der Waals surface area contributed by atoms with E-state index in [0.29, 0.717) is 25.8 Å². The minimum atomic E-state index is -0.921. The first-order valence-electron chi connectivity index (χ1n) is 14.0. The van der Waals surface area contributed by atoms with Crippen LogP contribution in [0.2, 0.25) is 0 Å². The quantitative estimate of drug-likeness (QED) is 0.171. The van der Waals surface area contributed by atoms with Gasteiger partial charge < -0.3 is 31.2 Å². The van der Waals surface area contributed by atoms with Crippen LogP contribution in [0.4, 0.5) is 4.79 Å². The van der Waals surface area contributed by atoms with Crippen LogP contribution in [0, 0.1) is 0 Å². The molecule has 4 rings (SSSR count). The summed E-state index contributed by atoms with van der Waals surface area (Å²) in [4.78, 5) is 49.8. The summed E-state index contributed by atoms with van der Waals surface area (Å²) >= 11 is 0. The number of carbonyl (C=O) groups is 4. The van der Waals surface area contributed by atoms with Crippen molar-refractivity contribution in [3.8, 4) is 11.1 Å². The number of nitrogens with two attached hydrogens (primary N) is 1. The number of alkyl carbamates (subject to hydrolysis) is 1. The molecule has 0 fully saturated rings. The standard InChI is InChI=1S/C32H36N4O6/c33-17-9-8-16-28(31(39)35-18-29(37)34-19-30(38)41-20-22-10-2-1-3-11-22)36-32(40)42-21-27-25-14-6-4-12-23(25)24-13-5-7-15-26(24)27/h1-7,10-15,27-28H,8-9,16-21,33H2,(H,34,37)(H,35,39)(H,36,40)/t28-/m0/s1. The van der Waals surface area contributed by atoms with Crippen molar-refractivity contribution < 1.29 is 28.7 Å². The molecule has 0 bridgehead atoms. The van der Waals surface area contributed by atoms with Gasteiger partial charge in [-0.05, 0) is 53.6 Å². The summed E-state index contributed by atoms with van der Waals surface area (Å²) in [5.41, 5.74) is 10.8. The predicted octanol–water partition coefficient (Wildman–Crippen LogP) is 3.00. The topological polar surface area (TPSA) is 149 Å². The lowest BCUT2D eigenvalue weighted by Crippen LogP contribution is -2.49. The lowest BCUT2D eigenvalue weighted by atomic mass is 9.98. The zero-order valence-corrected chi connectivity index (χ0v) is 23.3. The van der Waals surface area contributed by atoms with Crippen molar-refractivity contribution >= 4 is 23.9 Å². The molecule has 0 unspecified atom stereocenters. The van der Waals surface area contributed by atoms with Gasteiger partial charge in [0.25, 0.3) is 0 Å². The highest BCUT2D eigenvalue weighted by Gasteiger charge is 2.30. The van der Waals surface area contributed by atoms with Gasteiger partial charge in [0.15, 0.2) is 0 Å². The average molecular weight is 573 g/mol. The minimum absolute atomic E-state index is 0.0955. The number of carbonyl (C=O) groups excluding carboxylic acids is 4. The lowest BCUT2D eigenvalue weighted by molar-refractivity contribution is -0.145. The summed E-state index contributed by atoms with van der Waals surface area (Å²) in [6, 6.07) is 24.3. The van der Waals surface area contributed by atoms with E-state index in [4.69, 9.17) is 15.2 Å². The Morgan fingerprint density at radius 3 is 2.07 bits per heavy atom.